The standard InChI is InChI=1S/C27H34O9S/c1-5-23(25(26(28)33-6-2)36-37(4,29)30)24-16-22(34-27(35-24)20-10-8-7-9-11-20)18-32-17-19-12-14-21(31-3)15-13-19/h5,7-15,22-25,27H,1,6,16-18H2,2-4H3/t22-,23-,24+,25+,27+/m0/s1. The zero-order valence-electron chi connectivity index (χ0n) is 21.3. The fourth-order valence-corrected chi connectivity index (χ4v) is 4.62. The molecule has 1 fully saturated rings. The Labute approximate surface area is 218 Å². The van der Waals surface area contributed by atoms with Gasteiger partial charge in [0.2, 0.25) is 0 Å². The van der Waals surface area contributed by atoms with Crippen LogP contribution < -0.4 is 4.74 Å². The van der Waals surface area contributed by atoms with Crippen LogP contribution in [-0.2, 0) is 44.7 Å². The number of carbonyl (C=O) groups excluding carboxylic acids is 1. The summed E-state index contributed by atoms with van der Waals surface area (Å²) in [5.41, 5.74) is 1.74. The van der Waals surface area contributed by atoms with Crippen molar-refractivity contribution in [1.82, 2.24) is 0 Å². The number of hydrogen-bond donors (Lipinski definition) is 0. The first-order chi connectivity index (χ1) is 17.7. The molecule has 10 heteroatoms. The van der Waals surface area contributed by atoms with Crippen molar-refractivity contribution in [2.45, 2.75) is 44.6 Å². The minimum Gasteiger partial charge on any atom is -0.497 e. The average Bonchev–Trinajstić information content (AvgIpc) is 2.89. The molecule has 0 amide bonds. The minimum atomic E-state index is -3.98. The Kier molecular flexibility index (Phi) is 10.7. The Balaban J connectivity index is 1.79. The second-order valence-electron chi connectivity index (χ2n) is 8.56. The molecule has 0 unspecified atom stereocenters. The molecule has 9 nitrogen and oxygen atoms in total. The lowest BCUT2D eigenvalue weighted by molar-refractivity contribution is -0.267. The molecule has 1 aliphatic heterocycles. The molecule has 2 aromatic rings. The van der Waals surface area contributed by atoms with Gasteiger partial charge in [-0.3, -0.25) is 4.18 Å². The number of benzene rings is 2. The summed E-state index contributed by atoms with van der Waals surface area (Å²) in [5.74, 6) is -0.877. The summed E-state index contributed by atoms with van der Waals surface area (Å²) in [6.07, 6.45) is -0.641. The number of ether oxygens (including phenoxy) is 5. The third kappa shape index (κ3) is 8.65. The van der Waals surface area contributed by atoms with Crippen molar-refractivity contribution in [3.8, 4) is 5.75 Å². The van der Waals surface area contributed by atoms with Crippen LogP contribution in [0.1, 0.15) is 30.8 Å². The highest BCUT2D eigenvalue weighted by Crippen LogP contribution is 2.35. The zero-order valence-corrected chi connectivity index (χ0v) is 22.1. The Morgan fingerprint density at radius 1 is 1.14 bits per heavy atom. The van der Waals surface area contributed by atoms with Crippen LogP contribution in [-0.4, -0.2) is 59.3 Å². The van der Waals surface area contributed by atoms with Crippen LogP contribution in [0, 0.1) is 5.92 Å². The van der Waals surface area contributed by atoms with Gasteiger partial charge in [0.05, 0.1) is 45.4 Å². The van der Waals surface area contributed by atoms with Crippen molar-refractivity contribution in [1.29, 1.82) is 0 Å². The SMILES string of the molecule is C=C[C@@H]([C@H]1C[C@@H](COCc2ccc(OC)cc2)O[C@@H](c2ccccc2)O1)[C@@H](OS(C)(=O)=O)C(=O)OCC. The van der Waals surface area contributed by atoms with Gasteiger partial charge in [0, 0.05) is 17.9 Å². The van der Waals surface area contributed by atoms with E-state index in [0.29, 0.717) is 13.0 Å². The first kappa shape index (κ1) is 28.8. The molecule has 3 rings (SSSR count). The van der Waals surface area contributed by atoms with E-state index in [1.807, 2.05) is 54.6 Å². The van der Waals surface area contributed by atoms with Gasteiger partial charge in [-0.05, 0) is 24.6 Å². The minimum absolute atomic E-state index is 0.0649. The molecule has 0 saturated carbocycles. The van der Waals surface area contributed by atoms with E-state index in [9.17, 15) is 13.2 Å². The van der Waals surface area contributed by atoms with Crippen molar-refractivity contribution < 1.29 is 41.1 Å². The van der Waals surface area contributed by atoms with Crippen LogP contribution in [0.5, 0.6) is 5.75 Å². The third-order valence-electron chi connectivity index (χ3n) is 5.76. The fourth-order valence-electron chi connectivity index (χ4n) is 4.03. The van der Waals surface area contributed by atoms with Crippen molar-refractivity contribution >= 4 is 16.1 Å². The molecule has 2 aromatic carbocycles. The molecule has 0 aliphatic carbocycles. The molecule has 1 aliphatic rings. The van der Waals surface area contributed by atoms with E-state index in [1.54, 1.807) is 14.0 Å². The lowest BCUT2D eigenvalue weighted by Gasteiger charge is -2.39. The molecule has 0 N–H and O–H groups in total. The van der Waals surface area contributed by atoms with Gasteiger partial charge in [0.1, 0.15) is 5.75 Å². The first-order valence-electron chi connectivity index (χ1n) is 12.0. The average molecular weight is 535 g/mol. The maximum absolute atomic E-state index is 12.7. The van der Waals surface area contributed by atoms with E-state index in [2.05, 4.69) is 6.58 Å². The number of esters is 1. The quantitative estimate of drug-likeness (QED) is 0.215. The maximum Gasteiger partial charge on any atom is 0.337 e. The van der Waals surface area contributed by atoms with E-state index in [1.165, 1.54) is 6.08 Å². The summed E-state index contributed by atoms with van der Waals surface area (Å²) in [6, 6.07) is 16.9. The van der Waals surface area contributed by atoms with Crippen molar-refractivity contribution in [2.24, 2.45) is 5.92 Å². The van der Waals surface area contributed by atoms with Crippen LogP contribution in [0.2, 0.25) is 0 Å². The van der Waals surface area contributed by atoms with Gasteiger partial charge in [0.15, 0.2) is 12.4 Å². The lowest BCUT2D eigenvalue weighted by atomic mass is 9.91. The molecule has 1 saturated heterocycles. The smallest absolute Gasteiger partial charge is 0.337 e. The van der Waals surface area contributed by atoms with E-state index < -0.39 is 46.6 Å². The lowest BCUT2D eigenvalue weighted by Crippen LogP contribution is -2.46. The summed E-state index contributed by atoms with van der Waals surface area (Å²) in [4.78, 5) is 12.7. The highest BCUT2D eigenvalue weighted by atomic mass is 32.2. The molecule has 5 atom stereocenters. The van der Waals surface area contributed by atoms with Gasteiger partial charge < -0.3 is 23.7 Å². The van der Waals surface area contributed by atoms with Crippen LogP contribution in [0.25, 0.3) is 0 Å². The van der Waals surface area contributed by atoms with Gasteiger partial charge >= 0.3 is 5.97 Å². The van der Waals surface area contributed by atoms with E-state index >= 15 is 0 Å². The van der Waals surface area contributed by atoms with E-state index in [-0.39, 0.29) is 13.2 Å². The second kappa shape index (κ2) is 13.7. The summed E-state index contributed by atoms with van der Waals surface area (Å²) in [6.45, 7) is 6.12. The van der Waals surface area contributed by atoms with Gasteiger partial charge in [-0.15, -0.1) is 6.58 Å². The molecule has 0 aromatic heterocycles. The predicted octanol–water partition coefficient (Wildman–Crippen LogP) is 3.79. The number of carbonyl (C=O) groups is 1. The number of hydrogen-bond acceptors (Lipinski definition) is 9. The third-order valence-corrected chi connectivity index (χ3v) is 6.32. The number of methoxy groups -OCH3 is 1. The monoisotopic (exact) mass is 534 g/mol. The van der Waals surface area contributed by atoms with Crippen LogP contribution >= 0.6 is 0 Å². The van der Waals surface area contributed by atoms with E-state index in [0.717, 1.165) is 23.1 Å². The molecule has 202 valence electrons. The molecular formula is C27H34O9S. The highest BCUT2D eigenvalue weighted by molar-refractivity contribution is 7.86. The maximum atomic E-state index is 12.7. The van der Waals surface area contributed by atoms with Gasteiger partial charge in [-0.1, -0.05) is 48.5 Å². The summed E-state index contributed by atoms with van der Waals surface area (Å²) in [5, 5.41) is 0. The van der Waals surface area contributed by atoms with Gasteiger partial charge in [-0.25, -0.2) is 4.79 Å². The van der Waals surface area contributed by atoms with Gasteiger partial charge in [-0.2, -0.15) is 8.42 Å². The summed E-state index contributed by atoms with van der Waals surface area (Å²) >= 11 is 0. The van der Waals surface area contributed by atoms with Crippen LogP contribution in [0.15, 0.2) is 67.3 Å². The second-order valence-corrected chi connectivity index (χ2v) is 10.2. The molecule has 0 radical (unpaired) electrons. The Bertz CT molecular complexity index is 1100. The molecule has 0 spiro atoms. The van der Waals surface area contributed by atoms with Crippen LogP contribution in [0.3, 0.4) is 0 Å². The molecule has 0 bridgehead atoms. The van der Waals surface area contributed by atoms with Crippen molar-refractivity contribution in [3.05, 3.63) is 78.4 Å². The number of rotatable bonds is 13. The van der Waals surface area contributed by atoms with E-state index in [4.69, 9.17) is 27.9 Å². The predicted molar refractivity (Wildman–Crippen MR) is 136 cm³/mol. The molecule has 37 heavy (non-hydrogen) atoms. The fraction of sp³-hybridized carbons (Fsp3) is 0.444. The topological polar surface area (TPSA) is 107 Å². The Morgan fingerprint density at radius 3 is 2.43 bits per heavy atom. The Hall–Kier alpha value is -2.76. The summed E-state index contributed by atoms with van der Waals surface area (Å²) < 4.78 is 57.7. The molecular weight excluding hydrogens is 500 g/mol. The largest absolute Gasteiger partial charge is 0.497 e. The summed E-state index contributed by atoms with van der Waals surface area (Å²) in [7, 11) is -2.37. The van der Waals surface area contributed by atoms with Crippen molar-refractivity contribution in [3.63, 3.8) is 0 Å². The first-order valence-corrected chi connectivity index (χ1v) is 13.8. The van der Waals surface area contributed by atoms with Crippen LogP contribution in [0.4, 0.5) is 0 Å². The Morgan fingerprint density at radius 2 is 1.84 bits per heavy atom. The van der Waals surface area contributed by atoms with Crippen molar-refractivity contribution in [2.75, 3.05) is 26.6 Å². The zero-order chi connectivity index (χ0) is 26.8. The van der Waals surface area contributed by atoms with Gasteiger partial charge in [0.25, 0.3) is 10.1 Å². The molecule has 1 heterocycles. The highest BCUT2D eigenvalue weighted by Gasteiger charge is 2.42. The normalized spacial score (nSPS) is 21.5.